The molecule has 0 bridgehead atoms. The Labute approximate surface area is 148 Å². The van der Waals surface area contributed by atoms with Crippen LogP contribution in [0.1, 0.15) is 35.3 Å². The van der Waals surface area contributed by atoms with Crippen molar-refractivity contribution in [2.75, 3.05) is 12.4 Å². The summed E-state index contributed by atoms with van der Waals surface area (Å²) in [5, 5.41) is 2.82. The second-order valence-electron chi connectivity index (χ2n) is 5.73. The Kier molecular flexibility index (Phi) is 6.17. The number of aryl methyl sites for hydroxylation is 2. The Morgan fingerprint density at radius 2 is 1.88 bits per heavy atom. The summed E-state index contributed by atoms with van der Waals surface area (Å²) in [5.74, 6) is -0.0274. The smallest absolute Gasteiger partial charge is 0.337 e. The lowest BCUT2D eigenvalue weighted by Crippen LogP contribution is -2.30. The summed E-state index contributed by atoms with van der Waals surface area (Å²) in [5.41, 5.74) is 2.84. The molecule has 0 heterocycles. The number of hydrogen-bond acceptors (Lipinski definition) is 4. The molecule has 0 saturated heterocycles. The number of carbonyl (C=O) groups excluding carboxylic acids is 2. The molecule has 1 N–H and O–H groups in total. The minimum Gasteiger partial charge on any atom is -0.481 e. The molecule has 5 heteroatoms. The summed E-state index contributed by atoms with van der Waals surface area (Å²) in [6, 6.07) is 12.7. The maximum absolute atomic E-state index is 12.5. The number of methoxy groups -OCH3 is 1. The third-order valence-electron chi connectivity index (χ3n) is 3.94. The van der Waals surface area contributed by atoms with Gasteiger partial charge in [-0.15, -0.1) is 0 Å². The van der Waals surface area contributed by atoms with Gasteiger partial charge in [0.2, 0.25) is 0 Å². The van der Waals surface area contributed by atoms with Gasteiger partial charge in [0.15, 0.2) is 6.10 Å². The van der Waals surface area contributed by atoms with Crippen LogP contribution in [-0.4, -0.2) is 25.1 Å². The first-order chi connectivity index (χ1) is 12.0. The molecule has 1 amide bonds. The zero-order valence-corrected chi connectivity index (χ0v) is 15.0. The van der Waals surface area contributed by atoms with E-state index in [2.05, 4.69) is 5.32 Å². The van der Waals surface area contributed by atoms with Gasteiger partial charge >= 0.3 is 5.97 Å². The molecule has 0 aliphatic heterocycles. The minimum absolute atomic E-state index is 0.281. The van der Waals surface area contributed by atoms with Crippen LogP contribution >= 0.6 is 0 Å². The van der Waals surface area contributed by atoms with Gasteiger partial charge in [-0.2, -0.15) is 0 Å². The molecule has 0 spiro atoms. The van der Waals surface area contributed by atoms with E-state index in [0.29, 0.717) is 17.0 Å². The molecule has 0 radical (unpaired) electrons. The third-order valence-corrected chi connectivity index (χ3v) is 3.94. The topological polar surface area (TPSA) is 64.6 Å². The molecule has 2 aromatic rings. The summed E-state index contributed by atoms with van der Waals surface area (Å²) in [6.45, 7) is 5.59. The molecule has 0 aliphatic rings. The number of esters is 1. The van der Waals surface area contributed by atoms with Crippen LogP contribution in [0.25, 0.3) is 0 Å². The van der Waals surface area contributed by atoms with E-state index in [-0.39, 0.29) is 5.91 Å². The van der Waals surface area contributed by atoms with Crippen molar-refractivity contribution in [3.63, 3.8) is 0 Å². The lowest BCUT2D eigenvalue weighted by Gasteiger charge is -2.18. The number of hydrogen-bond donors (Lipinski definition) is 1. The summed E-state index contributed by atoms with van der Waals surface area (Å²) >= 11 is 0. The van der Waals surface area contributed by atoms with Gasteiger partial charge in [-0.1, -0.05) is 31.2 Å². The molecule has 2 rings (SSSR count). The number of rotatable bonds is 6. The zero-order valence-electron chi connectivity index (χ0n) is 15.0. The summed E-state index contributed by atoms with van der Waals surface area (Å²) in [4.78, 5) is 24.1. The average Bonchev–Trinajstić information content (AvgIpc) is 2.63. The quantitative estimate of drug-likeness (QED) is 0.813. The number of anilines is 1. The fourth-order valence-electron chi connectivity index (χ4n) is 2.39. The molecule has 2 aromatic carbocycles. The molecular weight excluding hydrogens is 318 g/mol. The normalized spacial score (nSPS) is 11.5. The van der Waals surface area contributed by atoms with Crippen LogP contribution in [-0.2, 0) is 16.0 Å². The number of nitrogens with one attached hydrogen (secondary N) is 1. The predicted molar refractivity (Wildman–Crippen MR) is 97.1 cm³/mol. The van der Waals surface area contributed by atoms with Crippen molar-refractivity contribution in [1.29, 1.82) is 0 Å². The van der Waals surface area contributed by atoms with Crippen LogP contribution in [0.2, 0.25) is 0 Å². The Hall–Kier alpha value is -2.82. The lowest BCUT2D eigenvalue weighted by molar-refractivity contribution is -0.122. The Bertz CT molecular complexity index is 770. The van der Waals surface area contributed by atoms with Gasteiger partial charge in [0, 0.05) is 5.69 Å². The van der Waals surface area contributed by atoms with Gasteiger partial charge < -0.3 is 14.8 Å². The van der Waals surface area contributed by atoms with Crippen molar-refractivity contribution < 1.29 is 19.1 Å². The summed E-state index contributed by atoms with van der Waals surface area (Å²) < 4.78 is 10.5. The minimum atomic E-state index is -0.672. The highest BCUT2D eigenvalue weighted by molar-refractivity contribution is 5.97. The lowest BCUT2D eigenvalue weighted by atomic mass is 10.1. The number of benzene rings is 2. The van der Waals surface area contributed by atoms with E-state index in [4.69, 9.17) is 9.47 Å². The number of carbonyl (C=O) groups is 2. The first kappa shape index (κ1) is 18.5. The second-order valence-corrected chi connectivity index (χ2v) is 5.73. The molecule has 132 valence electrons. The van der Waals surface area contributed by atoms with E-state index < -0.39 is 12.1 Å². The first-order valence-electron chi connectivity index (χ1n) is 8.20. The Morgan fingerprint density at radius 3 is 2.56 bits per heavy atom. The van der Waals surface area contributed by atoms with E-state index in [1.165, 1.54) is 7.11 Å². The van der Waals surface area contributed by atoms with Crippen LogP contribution in [0.5, 0.6) is 5.75 Å². The van der Waals surface area contributed by atoms with E-state index in [9.17, 15) is 9.59 Å². The maximum Gasteiger partial charge on any atom is 0.337 e. The monoisotopic (exact) mass is 341 g/mol. The van der Waals surface area contributed by atoms with Crippen LogP contribution < -0.4 is 10.1 Å². The fourth-order valence-corrected chi connectivity index (χ4v) is 2.39. The van der Waals surface area contributed by atoms with Crippen LogP contribution in [0.4, 0.5) is 5.69 Å². The number of amides is 1. The average molecular weight is 341 g/mol. The third kappa shape index (κ3) is 4.59. The van der Waals surface area contributed by atoms with Gasteiger partial charge in [-0.25, -0.2) is 4.79 Å². The van der Waals surface area contributed by atoms with Gasteiger partial charge in [-0.05, 0) is 49.6 Å². The van der Waals surface area contributed by atoms with Crippen molar-refractivity contribution in [2.24, 2.45) is 0 Å². The standard InChI is InChI=1S/C20H23NO4/c1-5-15-8-6-7-9-18(15)25-14(3)19(22)21-17-12-16(20(23)24-4)11-10-13(17)2/h6-12,14H,5H2,1-4H3,(H,21,22)/t14-/m1/s1. The van der Waals surface area contributed by atoms with Crippen molar-refractivity contribution >= 4 is 17.6 Å². The largest absolute Gasteiger partial charge is 0.481 e. The molecule has 0 aromatic heterocycles. The maximum atomic E-state index is 12.5. The van der Waals surface area contributed by atoms with Crippen molar-refractivity contribution in [3.05, 3.63) is 59.2 Å². The van der Waals surface area contributed by atoms with Gasteiger partial charge in [0.1, 0.15) is 5.75 Å². The SMILES string of the molecule is CCc1ccccc1O[C@H](C)C(=O)Nc1cc(C(=O)OC)ccc1C. The highest BCUT2D eigenvalue weighted by Gasteiger charge is 2.18. The molecule has 0 aliphatic carbocycles. The van der Waals surface area contributed by atoms with E-state index in [0.717, 1.165) is 17.5 Å². The Morgan fingerprint density at radius 1 is 1.16 bits per heavy atom. The number of para-hydroxylation sites is 1. The predicted octanol–water partition coefficient (Wildman–Crippen LogP) is 3.75. The van der Waals surface area contributed by atoms with E-state index in [1.54, 1.807) is 25.1 Å². The van der Waals surface area contributed by atoms with Crippen molar-refractivity contribution in [1.82, 2.24) is 0 Å². The van der Waals surface area contributed by atoms with Crippen LogP contribution in [0, 0.1) is 6.92 Å². The highest BCUT2D eigenvalue weighted by Crippen LogP contribution is 2.21. The summed E-state index contributed by atoms with van der Waals surface area (Å²) in [7, 11) is 1.32. The first-order valence-corrected chi connectivity index (χ1v) is 8.20. The fraction of sp³-hybridized carbons (Fsp3) is 0.300. The van der Waals surface area contributed by atoms with Crippen molar-refractivity contribution in [3.8, 4) is 5.75 Å². The molecule has 0 fully saturated rings. The Balaban J connectivity index is 2.12. The molecule has 5 nitrogen and oxygen atoms in total. The van der Waals surface area contributed by atoms with Crippen molar-refractivity contribution in [2.45, 2.75) is 33.3 Å². The summed E-state index contributed by atoms with van der Waals surface area (Å²) in [6.07, 6.45) is 0.152. The molecule has 0 unspecified atom stereocenters. The number of ether oxygens (including phenoxy) is 2. The second kappa shape index (κ2) is 8.33. The van der Waals surface area contributed by atoms with E-state index in [1.807, 2.05) is 38.1 Å². The van der Waals surface area contributed by atoms with E-state index >= 15 is 0 Å². The molecule has 1 atom stereocenters. The van der Waals surface area contributed by atoms with Crippen LogP contribution in [0.3, 0.4) is 0 Å². The highest BCUT2D eigenvalue weighted by atomic mass is 16.5. The zero-order chi connectivity index (χ0) is 18.4. The molecule has 25 heavy (non-hydrogen) atoms. The molecule has 0 saturated carbocycles. The van der Waals surface area contributed by atoms with Gasteiger partial charge in [0.05, 0.1) is 12.7 Å². The van der Waals surface area contributed by atoms with Crippen LogP contribution in [0.15, 0.2) is 42.5 Å². The molecular formula is C20H23NO4. The van der Waals surface area contributed by atoms with Gasteiger partial charge in [0.25, 0.3) is 5.91 Å². The van der Waals surface area contributed by atoms with Gasteiger partial charge in [-0.3, -0.25) is 4.79 Å².